The molecule has 1 aromatic rings. The van der Waals surface area contributed by atoms with Gasteiger partial charge in [-0.05, 0) is 31.5 Å². The Labute approximate surface area is 118 Å². The van der Waals surface area contributed by atoms with Crippen molar-refractivity contribution in [2.45, 2.75) is 19.4 Å². The minimum absolute atomic E-state index is 0.0267. The Hall–Kier alpha value is -0.780. The van der Waals surface area contributed by atoms with Crippen molar-refractivity contribution in [2.24, 2.45) is 0 Å². The highest BCUT2D eigenvalue weighted by atomic mass is 79.9. The van der Waals surface area contributed by atoms with Crippen molar-refractivity contribution >= 4 is 33.5 Å². The van der Waals surface area contributed by atoms with E-state index in [1.807, 2.05) is 6.92 Å². The zero-order chi connectivity index (χ0) is 13.3. The van der Waals surface area contributed by atoms with E-state index in [2.05, 4.69) is 21.2 Å². The molecule has 4 nitrogen and oxygen atoms in total. The van der Waals surface area contributed by atoms with E-state index in [0.717, 1.165) is 18.5 Å². The van der Waals surface area contributed by atoms with Gasteiger partial charge in [0.05, 0.1) is 5.02 Å². The Balaban J connectivity index is 2.42. The number of hydrogen-bond acceptors (Lipinski definition) is 3. The quantitative estimate of drug-likeness (QED) is 0.892. The van der Waals surface area contributed by atoms with E-state index in [0.29, 0.717) is 16.0 Å². The molecule has 1 fully saturated rings. The number of carbonyl (C=O) groups is 1. The zero-order valence-electron chi connectivity index (χ0n) is 9.80. The number of hydrogen-bond donors (Lipinski definition) is 2. The summed E-state index contributed by atoms with van der Waals surface area (Å²) in [5.41, 5.74) is 0.868. The van der Waals surface area contributed by atoms with Crippen LogP contribution >= 0.6 is 27.5 Å². The van der Waals surface area contributed by atoms with Crippen LogP contribution < -0.4 is 10.1 Å². The Kier molecular flexibility index (Phi) is 4.14. The van der Waals surface area contributed by atoms with Gasteiger partial charge in [0.1, 0.15) is 11.7 Å². The molecular formula is C12H13BrClNO3. The molecular weight excluding hydrogens is 321 g/mol. The van der Waals surface area contributed by atoms with Crippen LogP contribution in [0.5, 0.6) is 5.75 Å². The summed E-state index contributed by atoms with van der Waals surface area (Å²) in [5.74, 6) is -0.780. The van der Waals surface area contributed by atoms with Crippen molar-refractivity contribution in [3.05, 3.63) is 26.7 Å². The molecule has 2 rings (SSSR count). The molecule has 1 atom stereocenters. The van der Waals surface area contributed by atoms with Crippen molar-refractivity contribution in [1.29, 1.82) is 0 Å². The van der Waals surface area contributed by atoms with E-state index in [1.54, 1.807) is 0 Å². The van der Waals surface area contributed by atoms with Crippen LogP contribution in [0, 0.1) is 6.92 Å². The largest absolute Gasteiger partial charge is 0.487 e. The minimum atomic E-state index is -1.04. The van der Waals surface area contributed by atoms with Gasteiger partial charge >= 0.3 is 5.97 Å². The van der Waals surface area contributed by atoms with E-state index in [1.165, 1.54) is 6.07 Å². The number of benzene rings is 1. The monoisotopic (exact) mass is 333 g/mol. The van der Waals surface area contributed by atoms with Crippen LogP contribution in [0.4, 0.5) is 0 Å². The van der Waals surface area contributed by atoms with Crippen molar-refractivity contribution in [1.82, 2.24) is 5.32 Å². The van der Waals surface area contributed by atoms with Gasteiger partial charge in [0, 0.05) is 11.0 Å². The van der Waals surface area contributed by atoms with Gasteiger partial charge in [-0.25, -0.2) is 4.79 Å². The van der Waals surface area contributed by atoms with Crippen molar-refractivity contribution in [3.8, 4) is 5.75 Å². The number of nitrogens with one attached hydrogen (secondary N) is 1. The van der Waals surface area contributed by atoms with Gasteiger partial charge in [-0.3, -0.25) is 0 Å². The molecule has 1 unspecified atom stereocenters. The van der Waals surface area contributed by atoms with Gasteiger partial charge in [0.2, 0.25) is 0 Å². The summed E-state index contributed by atoms with van der Waals surface area (Å²) < 4.78 is 6.41. The van der Waals surface area contributed by atoms with Gasteiger partial charge < -0.3 is 15.2 Å². The third-order valence-corrected chi connectivity index (χ3v) is 4.21. The van der Waals surface area contributed by atoms with Crippen LogP contribution in [0.15, 0.2) is 10.5 Å². The van der Waals surface area contributed by atoms with Gasteiger partial charge in [0.15, 0.2) is 5.75 Å². The highest BCUT2D eigenvalue weighted by Gasteiger charge is 2.24. The molecule has 98 valence electrons. The van der Waals surface area contributed by atoms with Crippen LogP contribution in [-0.4, -0.2) is 30.3 Å². The molecule has 0 bridgehead atoms. The Morgan fingerprint density at radius 2 is 2.39 bits per heavy atom. The van der Waals surface area contributed by atoms with E-state index in [-0.39, 0.29) is 17.4 Å². The lowest BCUT2D eigenvalue weighted by Crippen LogP contribution is -2.21. The molecule has 1 aromatic carbocycles. The van der Waals surface area contributed by atoms with Gasteiger partial charge in [-0.1, -0.05) is 27.5 Å². The van der Waals surface area contributed by atoms with Gasteiger partial charge in [-0.15, -0.1) is 0 Å². The molecule has 6 heteroatoms. The first-order valence-electron chi connectivity index (χ1n) is 5.60. The summed E-state index contributed by atoms with van der Waals surface area (Å²) in [6.45, 7) is 3.41. The molecule has 18 heavy (non-hydrogen) atoms. The summed E-state index contributed by atoms with van der Waals surface area (Å²) in [7, 11) is 0. The number of ether oxygens (including phenoxy) is 1. The molecule has 0 aromatic heterocycles. The van der Waals surface area contributed by atoms with Crippen molar-refractivity contribution in [3.63, 3.8) is 0 Å². The number of aromatic carboxylic acids is 1. The number of halogens is 2. The summed E-state index contributed by atoms with van der Waals surface area (Å²) in [6, 6.07) is 1.53. The fourth-order valence-electron chi connectivity index (χ4n) is 1.86. The van der Waals surface area contributed by atoms with Crippen molar-refractivity contribution < 1.29 is 14.6 Å². The molecule has 1 saturated heterocycles. The van der Waals surface area contributed by atoms with E-state index in [9.17, 15) is 9.90 Å². The van der Waals surface area contributed by atoms with E-state index in [4.69, 9.17) is 16.3 Å². The molecule has 1 heterocycles. The van der Waals surface area contributed by atoms with Gasteiger partial charge in [0.25, 0.3) is 0 Å². The number of carboxylic acid groups (broad SMARTS) is 1. The Bertz CT molecular complexity index is 487. The first-order chi connectivity index (χ1) is 8.50. The second-order valence-corrected chi connectivity index (χ2v) is 5.44. The third-order valence-electron chi connectivity index (χ3n) is 2.93. The Morgan fingerprint density at radius 1 is 1.67 bits per heavy atom. The predicted octanol–water partition coefficient (Wildman–Crippen LogP) is 2.85. The highest BCUT2D eigenvalue weighted by molar-refractivity contribution is 9.10. The van der Waals surface area contributed by atoms with Crippen LogP contribution in [0.2, 0.25) is 5.02 Å². The highest BCUT2D eigenvalue weighted by Crippen LogP contribution is 2.37. The normalized spacial score (nSPS) is 18.9. The van der Waals surface area contributed by atoms with E-state index >= 15 is 0 Å². The average molecular weight is 335 g/mol. The second-order valence-electron chi connectivity index (χ2n) is 4.21. The van der Waals surface area contributed by atoms with Crippen LogP contribution in [0.1, 0.15) is 22.3 Å². The van der Waals surface area contributed by atoms with E-state index < -0.39 is 5.97 Å². The van der Waals surface area contributed by atoms with Crippen LogP contribution in [-0.2, 0) is 0 Å². The molecule has 0 saturated carbocycles. The topological polar surface area (TPSA) is 58.6 Å². The van der Waals surface area contributed by atoms with Crippen molar-refractivity contribution in [2.75, 3.05) is 13.1 Å². The van der Waals surface area contributed by atoms with Gasteiger partial charge in [-0.2, -0.15) is 0 Å². The zero-order valence-corrected chi connectivity index (χ0v) is 12.1. The standard InChI is InChI=1S/C12H13BrClNO3/c1-6-9(13)4-8(12(16)17)11(10(6)14)18-7-2-3-15-5-7/h4,7,15H,2-3,5H2,1H3,(H,16,17). The first kappa shape index (κ1) is 13.6. The molecule has 0 amide bonds. The molecule has 1 aliphatic rings. The second kappa shape index (κ2) is 5.47. The van der Waals surface area contributed by atoms with Crippen LogP contribution in [0.3, 0.4) is 0 Å². The average Bonchev–Trinajstić information content (AvgIpc) is 2.82. The summed E-state index contributed by atoms with van der Waals surface area (Å²) in [5, 5.41) is 12.7. The fraction of sp³-hybridized carbons (Fsp3) is 0.417. The molecule has 2 N–H and O–H groups in total. The number of carboxylic acids is 1. The lowest BCUT2D eigenvalue weighted by Gasteiger charge is -2.17. The number of rotatable bonds is 3. The molecule has 0 radical (unpaired) electrons. The molecule has 1 aliphatic heterocycles. The lowest BCUT2D eigenvalue weighted by molar-refractivity contribution is 0.0689. The smallest absolute Gasteiger partial charge is 0.339 e. The maximum absolute atomic E-state index is 11.2. The maximum Gasteiger partial charge on any atom is 0.339 e. The SMILES string of the molecule is Cc1c(Br)cc(C(=O)O)c(OC2CCNC2)c1Cl. The third kappa shape index (κ3) is 2.63. The molecule has 0 aliphatic carbocycles. The summed E-state index contributed by atoms with van der Waals surface area (Å²) in [6.07, 6.45) is 0.825. The lowest BCUT2D eigenvalue weighted by atomic mass is 10.1. The maximum atomic E-state index is 11.2. The fourth-order valence-corrected chi connectivity index (χ4v) is 2.65. The summed E-state index contributed by atoms with van der Waals surface area (Å²) in [4.78, 5) is 11.2. The van der Waals surface area contributed by atoms with Crippen LogP contribution in [0.25, 0.3) is 0 Å². The summed E-state index contributed by atoms with van der Waals surface area (Å²) >= 11 is 9.48. The predicted molar refractivity (Wildman–Crippen MR) is 72.8 cm³/mol. The Morgan fingerprint density at radius 3 is 2.94 bits per heavy atom. The molecule has 0 spiro atoms. The first-order valence-corrected chi connectivity index (χ1v) is 6.77. The minimum Gasteiger partial charge on any atom is -0.487 e.